The summed E-state index contributed by atoms with van der Waals surface area (Å²) < 4.78 is 0. The number of likely N-dealkylation sites (N-methyl/N-ethyl adjacent to an activating group) is 1. The minimum Gasteiger partial charge on any atom is -0.350 e. The van der Waals surface area contributed by atoms with Crippen molar-refractivity contribution in [1.29, 1.82) is 0 Å². The van der Waals surface area contributed by atoms with E-state index >= 15 is 0 Å². The predicted octanol–water partition coefficient (Wildman–Crippen LogP) is 0.606. The lowest BCUT2D eigenvalue weighted by molar-refractivity contribution is 0.0941. The van der Waals surface area contributed by atoms with Crippen molar-refractivity contribution in [2.45, 2.75) is 25.8 Å². The molecule has 1 saturated heterocycles. The Labute approximate surface area is 125 Å². The normalized spacial score (nSPS) is 18.1. The number of carbonyl (C=O) groups excluding carboxylic acids is 1. The molecule has 0 saturated carbocycles. The van der Waals surface area contributed by atoms with Crippen LogP contribution < -0.4 is 11.1 Å². The second-order valence-electron chi connectivity index (χ2n) is 5.10. The first kappa shape index (κ1) is 15.5. The summed E-state index contributed by atoms with van der Waals surface area (Å²) in [5, 5.41) is 3.00. The molecule has 5 nitrogen and oxygen atoms in total. The van der Waals surface area contributed by atoms with Gasteiger partial charge in [0.2, 0.25) is 0 Å². The van der Waals surface area contributed by atoms with Crippen LogP contribution in [0.1, 0.15) is 35.7 Å². The molecule has 1 unspecified atom stereocenters. The van der Waals surface area contributed by atoms with Gasteiger partial charge in [-0.15, -0.1) is 0 Å². The minimum absolute atomic E-state index is 0.0955. The number of nitrogens with zero attached hydrogens (tertiary/aromatic N) is 2. The highest BCUT2D eigenvalue weighted by Crippen LogP contribution is 2.15. The number of amides is 1. The third-order valence-electron chi connectivity index (χ3n) is 3.74. The van der Waals surface area contributed by atoms with Crippen LogP contribution in [0.2, 0.25) is 0 Å². The number of nitrogens with one attached hydrogen (secondary N) is 1. The molecule has 1 atom stereocenters. The summed E-state index contributed by atoms with van der Waals surface area (Å²) in [5.74, 6) is 5.55. The lowest BCUT2D eigenvalue weighted by atomic mass is 10.2. The summed E-state index contributed by atoms with van der Waals surface area (Å²) in [5.41, 5.74) is 6.59. The topological polar surface area (TPSA) is 71.2 Å². The number of likely N-dealkylation sites (tertiary alicyclic amines) is 1. The van der Waals surface area contributed by atoms with Gasteiger partial charge in [0, 0.05) is 30.5 Å². The average Bonchev–Trinajstić information content (AvgIpc) is 2.98. The average molecular weight is 286 g/mol. The third-order valence-corrected chi connectivity index (χ3v) is 3.74. The molecule has 3 N–H and O–H groups in total. The monoisotopic (exact) mass is 286 g/mol. The van der Waals surface area contributed by atoms with Crippen LogP contribution in [0.15, 0.2) is 18.5 Å². The molecule has 2 rings (SSSR count). The van der Waals surface area contributed by atoms with Crippen LogP contribution in [0.3, 0.4) is 0 Å². The van der Waals surface area contributed by atoms with Crippen molar-refractivity contribution >= 4 is 5.91 Å². The molecule has 112 valence electrons. The van der Waals surface area contributed by atoms with Gasteiger partial charge in [0.15, 0.2) is 0 Å². The van der Waals surface area contributed by atoms with Crippen LogP contribution in [-0.2, 0) is 0 Å². The molecule has 1 amide bonds. The lowest BCUT2D eigenvalue weighted by Gasteiger charge is -2.22. The molecule has 1 fully saturated rings. The Hall–Kier alpha value is -1.90. The van der Waals surface area contributed by atoms with Gasteiger partial charge in [-0.1, -0.05) is 18.8 Å². The largest absolute Gasteiger partial charge is 0.350 e. The van der Waals surface area contributed by atoms with Crippen molar-refractivity contribution in [2.75, 3.05) is 26.2 Å². The van der Waals surface area contributed by atoms with Crippen LogP contribution in [-0.4, -0.2) is 48.0 Å². The fraction of sp³-hybridized carbons (Fsp3) is 0.500. The van der Waals surface area contributed by atoms with E-state index < -0.39 is 0 Å². The number of nitrogens with two attached hydrogens (primary N) is 1. The Bertz CT molecular complexity index is 547. The maximum Gasteiger partial charge on any atom is 0.252 e. The number of hydrogen-bond donors (Lipinski definition) is 2. The van der Waals surface area contributed by atoms with Crippen molar-refractivity contribution in [2.24, 2.45) is 5.73 Å². The number of hydrogen-bond acceptors (Lipinski definition) is 4. The van der Waals surface area contributed by atoms with Gasteiger partial charge in [0.05, 0.1) is 12.1 Å². The first-order valence-electron chi connectivity index (χ1n) is 7.40. The van der Waals surface area contributed by atoms with E-state index in [-0.39, 0.29) is 5.91 Å². The molecule has 0 aromatic carbocycles. The number of carbonyl (C=O) groups is 1. The molecule has 0 aliphatic carbocycles. The van der Waals surface area contributed by atoms with Crippen LogP contribution in [0.25, 0.3) is 0 Å². The Kier molecular flexibility index (Phi) is 5.73. The van der Waals surface area contributed by atoms with E-state index in [1.807, 2.05) is 0 Å². The van der Waals surface area contributed by atoms with E-state index in [9.17, 15) is 4.79 Å². The quantitative estimate of drug-likeness (QED) is 0.795. The standard InChI is InChI=1S/C16H22N4O/c1-2-20-8-4-6-15(20)12-19-16(21)14-9-13(5-3-7-17)10-18-11-14/h9-11,15H,2,4,6-8,12,17H2,1H3,(H,19,21). The minimum atomic E-state index is -0.0955. The lowest BCUT2D eigenvalue weighted by Crippen LogP contribution is -2.40. The number of aromatic nitrogens is 1. The Balaban J connectivity index is 1.94. The first-order chi connectivity index (χ1) is 10.2. The van der Waals surface area contributed by atoms with Crippen molar-refractivity contribution in [3.63, 3.8) is 0 Å². The van der Waals surface area contributed by atoms with Crippen molar-refractivity contribution in [3.05, 3.63) is 29.6 Å². The molecular formula is C16H22N4O. The summed E-state index contributed by atoms with van der Waals surface area (Å²) in [7, 11) is 0. The van der Waals surface area contributed by atoms with Crippen molar-refractivity contribution in [3.8, 4) is 11.8 Å². The summed E-state index contributed by atoms with van der Waals surface area (Å²) in [4.78, 5) is 18.6. The molecular weight excluding hydrogens is 264 g/mol. The molecule has 21 heavy (non-hydrogen) atoms. The van der Waals surface area contributed by atoms with Crippen molar-refractivity contribution < 1.29 is 4.79 Å². The highest BCUT2D eigenvalue weighted by molar-refractivity contribution is 5.94. The summed E-state index contributed by atoms with van der Waals surface area (Å²) in [6.45, 7) is 5.30. The molecule has 1 aliphatic rings. The van der Waals surface area contributed by atoms with Crippen LogP contribution in [0.5, 0.6) is 0 Å². The molecule has 0 spiro atoms. The van der Waals surface area contributed by atoms with Crippen LogP contribution >= 0.6 is 0 Å². The van der Waals surface area contributed by atoms with Crippen LogP contribution in [0.4, 0.5) is 0 Å². The highest BCUT2D eigenvalue weighted by Gasteiger charge is 2.23. The van der Waals surface area contributed by atoms with Gasteiger partial charge in [0.1, 0.15) is 0 Å². The van der Waals surface area contributed by atoms with Gasteiger partial charge in [-0.2, -0.15) is 0 Å². The highest BCUT2D eigenvalue weighted by atomic mass is 16.1. The molecule has 0 radical (unpaired) electrons. The van der Waals surface area contributed by atoms with Gasteiger partial charge in [-0.05, 0) is 32.0 Å². The Morgan fingerprint density at radius 1 is 1.57 bits per heavy atom. The Morgan fingerprint density at radius 3 is 3.19 bits per heavy atom. The fourth-order valence-electron chi connectivity index (χ4n) is 2.64. The number of rotatable bonds is 4. The zero-order valence-electron chi connectivity index (χ0n) is 12.4. The van der Waals surface area contributed by atoms with E-state index in [0.29, 0.717) is 30.3 Å². The summed E-state index contributed by atoms with van der Waals surface area (Å²) in [6, 6.07) is 2.20. The van der Waals surface area contributed by atoms with Gasteiger partial charge < -0.3 is 11.1 Å². The summed E-state index contributed by atoms with van der Waals surface area (Å²) in [6.07, 6.45) is 5.55. The van der Waals surface area contributed by atoms with Gasteiger partial charge in [-0.25, -0.2) is 0 Å². The van der Waals surface area contributed by atoms with Gasteiger partial charge in [-0.3, -0.25) is 14.7 Å². The van der Waals surface area contributed by atoms with Gasteiger partial charge in [0.25, 0.3) is 5.91 Å². The molecule has 1 aromatic heterocycles. The van der Waals surface area contributed by atoms with Crippen LogP contribution in [0, 0.1) is 11.8 Å². The maximum absolute atomic E-state index is 12.2. The first-order valence-corrected chi connectivity index (χ1v) is 7.40. The third kappa shape index (κ3) is 4.28. The molecule has 1 aromatic rings. The van der Waals surface area contributed by atoms with Crippen molar-refractivity contribution in [1.82, 2.24) is 15.2 Å². The fourth-order valence-corrected chi connectivity index (χ4v) is 2.64. The van der Waals surface area contributed by atoms with E-state index in [1.54, 1.807) is 18.5 Å². The van der Waals surface area contributed by atoms with E-state index in [1.165, 1.54) is 6.42 Å². The molecule has 2 heterocycles. The zero-order chi connectivity index (χ0) is 15.1. The summed E-state index contributed by atoms with van der Waals surface area (Å²) >= 11 is 0. The van der Waals surface area contributed by atoms with E-state index in [4.69, 9.17) is 5.73 Å². The second-order valence-corrected chi connectivity index (χ2v) is 5.10. The second kappa shape index (κ2) is 7.77. The Morgan fingerprint density at radius 2 is 2.43 bits per heavy atom. The maximum atomic E-state index is 12.2. The SMILES string of the molecule is CCN1CCCC1CNC(=O)c1cncc(C#CCN)c1. The smallest absolute Gasteiger partial charge is 0.252 e. The predicted molar refractivity (Wildman–Crippen MR) is 82.8 cm³/mol. The molecule has 0 bridgehead atoms. The molecule has 1 aliphatic heterocycles. The number of pyridine rings is 1. The van der Waals surface area contributed by atoms with Gasteiger partial charge >= 0.3 is 0 Å². The van der Waals surface area contributed by atoms with E-state index in [0.717, 1.165) is 19.5 Å². The van der Waals surface area contributed by atoms with E-state index in [2.05, 4.69) is 34.0 Å². The zero-order valence-corrected chi connectivity index (χ0v) is 12.4. The molecule has 5 heteroatoms.